The van der Waals surface area contributed by atoms with E-state index in [2.05, 4.69) is 19.1 Å². The highest BCUT2D eigenvalue weighted by Crippen LogP contribution is 2.52. The number of hydrogen-bond donors (Lipinski definition) is 0. The summed E-state index contributed by atoms with van der Waals surface area (Å²) < 4.78 is 5.66. The number of hydrogen-bond acceptors (Lipinski definition) is 1. The second-order valence-corrected chi connectivity index (χ2v) is 4.69. The molecule has 1 nitrogen and oxygen atoms in total. The molecule has 80 valence electrons. The molecule has 0 radical (unpaired) electrons. The molecule has 1 saturated carbocycles. The van der Waals surface area contributed by atoms with Crippen LogP contribution in [-0.4, -0.2) is 13.2 Å². The van der Waals surface area contributed by atoms with Crippen LogP contribution in [0.2, 0.25) is 0 Å². The van der Waals surface area contributed by atoms with Crippen molar-refractivity contribution in [3.8, 4) is 0 Å². The van der Waals surface area contributed by atoms with Gasteiger partial charge in [-0.3, -0.25) is 0 Å². The Kier molecular flexibility index (Phi) is 3.63. The van der Waals surface area contributed by atoms with E-state index in [9.17, 15) is 0 Å². The van der Waals surface area contributed by atoms with Gasteiger partial charge in [0.15, 0.2) is 0 Å². The lowest BCUT2D eigenvalue weighted by Crippen LogP contribution is -1.99. The van der Waals surface area contributed by atoms with Crippen molar-refractivity contribution in [1.29, 1.82) is 0 Å². The van der Waals surface area contributed by atoms with Crippen LogP contribution in [0.3, 0.4) is 0 Å². The van der Waals surface area contributed by atoms with Crippen LogP contribution in [0.1, 0.15) is 39.0 Å². The maximum absolute atomic E-state index is 5.66. The van der Waals surface area contributed by atoms with Crippen LogP contribution in [0.4, 0.5) is 0 Å². The first-order valence-corrected chi connectivity index (χ1v) is 6.16. The Morgan fingerprint density at radius 3 is 2.36 bits per heavy atom. The molecule has 0 aromatic rings. The maximum Gasteiger partial charge on any atom is 0.0499 e. The highest BCUT2D eigenvalue weighted by atomic mass is 16.5. The summed E-state index contributed by atoms with van der Waals surface area (Å²) in [5, 5.41) is 0. The van der Waals surface area contributed by atoms with Crippen molar-refractivity contribution < 1.29 is 4.74 Å². The van der Waals surface area contributed by atoms with Gasteiger partial charge in [-0.1, -0.05) is 19.1 Å². The first-order valence-electron chi connectivity index (χ1n) is 6.16. The molecule has 0 aromatic heterocycles. The Hall–Kier alpha value is -0.300. The van der Waals surface area contributed by atoms with E-state index in [0.29, 0.717) is 0 Å². The molecule has 3 atom stereocenters. The number of ether oxygens (including phenoxy) is 1. The van der Waals surface area contributed by atoms with Crippen LogP contribution in [0.15, 0.2) is 12.2 Å². The van der Waals surface area contributed by atoms with Crippen LogP contribution in [0.25, 0.3) is 0 Å². The molecule has 0 aliphatic heterocycles. The normalized spacial score (nSPS) is 38.2. The predicted octanol–water partition coefficient (Wildman–Crippen LogP) is 3.41. The molecule has 1 fully saturated rings. The second kappa shape index (κ2) is 4.97. The van der Waals surface area contributed by atoms with Crippen molar-refractivity contribution in [3.63, 3.8) is 0 Å². The van der Waals surface area contributed by atoms with Crippen molar-refractivity contribution >= 4 is 0 Å². The Labute approximate surface area is 87.5 Å². The number of fused-ring (bicyclic) bond motifs is 1. The minimum Gasteiger partial charge on any atom is -0.381 e. The molecule has 1 heteroatoms. The van der Waals surface area contributed by atoms with Crippen molar-refractivity contribution in [2.75, 3.05) is 13.2 Å². The molecule has 0 heterocycles. The van der Waals surface area contributed by atoms with Gasteiger partial charge in [0.2, 0.25) is 0 Å². The molecule has 0 amide bonds. The largest absolute Gasteiger partial charge is 0.381 e. The number of allylic oxidation sites excluding steroid dienone is 2. The van der Waals surface area contributed by atoms with Crippen LogP contribution in [0, 0.1) is 17.8 Å². The highest BCUT2D eigenvalue weighted by Gasteiger charge is 2.48. The molecule has 0 N–H and O–H groups in total. The fourth-order valence-electron chi connectivity index (χ4n) is 2.80. The first-order chi connectivity index (χ1) is 6.93. The topological polar surface area (TPSA) is 9.23 Å². The third kappa shape index (κ3) is 2.38. The molecular weight excluding hydrogens is 172 g/mol. The van der Waals surface area contributed by atoms with E-state index < -0.39 is 0 Å². The molecule has 2 aliphatic rings. The Morgan fingerprint density at radius 1 is 1.14 bits per heavy atom. The SMILES string of the molecule is CCCOCC1[C@H]2CC/C=C/CC[C@@H]12. The Bertz CT molecular complexity index is 181. The molecule has 0 spiro atoms. The molecular formula is C13H22O. The lowest BCUT2D eigenvalue weighted by atomic mass is 10.1. The van der Waals surface area contributed by atoms with Gasteiger partial charge in [-0.25, -0.2) is 0 Å². The summed E-state index contributed by atoms with van der Waals surface area (Å²) >= 11 is 0. The standard InChI is InChI=1S/C13H22O/c1-2-9-14-10-13-11-7-5-3-4-6-8-12(11)13/h3-4,11-13H,2,5-10H2,1H3/b4-3+/t11-,12+,13?. The van der Waals surface area contributed by atoms with Gasteiger partial charge in [0.05, 0.1) is 0 Å². The summed E-state index contributed by atoms with van der Waals surface area (Å²) in [5.74, 6) is 2.90. The minimum atomic E-state index is 0.904. The van der Waals surface area contributed by atoms with E-state index >= 15 is 0 Å². The monoisotopic (exact) mass is 194 g/mol. The zero-order valence-electron chi connectivity index (χ0n) is 9.24. The fourth-order valence-corrected chi connectivity index (χ4v) is 2.80. The zero-order valence-corrected chi connectivity index (χ0v) is 9.24. The van der Waals surface area contributed by atoms with E-state index in [1.807, 2.05) is 0 Å². The van der Waals surface area contributed by atoms with Crippen LogP contribution in [-0.2, 0) is 4.74 Å². The molecule has 0 saturated heterocycles. The quantitative estimate of drug-likeness (QED) is 0.492. The van der Waals surface area contributed by atoms with E-state index in [4.69, 9.17) is 4.74 Å². The molecule has 2 aliphatic carbocycles. The van der Waals surface area contributed by atoms with Gasteiger partial charge < -0.3 is 4.74 Å². The molecule has 2 rings (SSSR count). The summed E-state index contributed by atoms with van der Waals surface area (Å²) in [6, 6.07) is 0. The minimum absolute atomic E-state index is 0.904. The molecule has 0 bridgehead atoms. The van der Waals surface area contributed by atoms with E-state index in [0.717, 1.165) is 37.4 Å². The van der Waals surface area contributed by atoms with E-state index in [1.54, 1.807) is 0 Å². The Morgan fingerprint density at radius 2 is 1.79 bits per heavy atom. The molecule has 0 aromatic carbocycles. The maximum atomic E-state index is 5.66. The average molecular weight is 194 g/mol. The van der Waals surface area contributed by atoms with Crippen molar-refractivity contribution in [2.24, 2.45) is 17.8 Å². The van der Waals surface area contributed by atoms with Gasteiger partial charge in [-0.2, -0.15) is 0 Å². The number of rotatable bonds is 4. The highest BCUT2D eigenvalue weighted by molar-refractivity contribution is 5.01. The van der Waals surface area contributed by atoms with Crippen LogP contribution >= 0.6 is 0 Å². The molecule has 1 unspecified atom stereocenters. The van der Waals surface area contributed by atoms with Gasteiger partial charge in [0.25, 0.3) is 0 Å². The smallest absolute Gasteiger partial charge is 0.0499 e. The predicted molar refractivity (Wildman–Crippen MR) is 59.2 cm³/mol. The Balaban J connectivity index is 1.71. The van der Waals surface area contributed by atoms with Gasteiger partial charge in [0, 0.05) is 13.2 Å². The van der Waals surface area contributed by atoms with Gasteiger partial charge in [0.1, 0.15) is 0 Å². The van der Waals surface area contributed by atoms with Crippen LogP contribution in [0.5, 0.6) is 0 Å². The van der Waals surface area contributed by atoms with Crippen molar-refractivity contribution in [1.82, 2.24) is 0 Å². The average Bonchev–Trinajstić information content (AvgIpc) is 2.76. The lowest BCUT2D eigenvalue weighted by molar-refractivity contribution is 0.118. The van der Waals surface area contributed by atoms with E-state index in [-0.39, 0.29) is 0 Å². The summed E-state index contributed by atoms with van der Waals surface area (Å²) in [4.78, 5) is 0. The summed E-state index contributed by atoms with van der Waals surface area (Å²) in [7, 11) is 0. The fraction of sp³-hybridized carbons (Fsp3) is 0.846. The van der Waals surface area contributed by atoms with Gasteiger partial charge in [-0.15, -0.1) is 0 Å². The van der Waals surface area contributed by atoms with E-state index in [1.165, 1.54) is 25.7 Å². The van der Waals surface area contributed by atoms with Crippen molar-refractivity contribution in [3.05, 3.63) is 12.2 Å². The van der Waals surface area contributed by atoms with Gasteiger partial charge >= 0.3 is 0 Å². The molecule has 14 heavy (non-hydrogen) atoms. The van der Waals surface area contributed by atoms with Gasteiger partial charge in [-0.05, 0) is 49.9 Å². The zero-order chi connectivity index (χ0) is 9.80. The summed E-state index contributed by atoms with van der Waals surface area (Å²) in [6.45, 7) is 4.16. The third-order valence-electron chi connectivity index (χ3n) is 3.67. The first kappa shape index (κ1) is 10.2. The van der Waals surface area contributed by atoms with Crippen LogP contribution < -0.4 is 0 Å². The third-order valence-corrected chi connectivity index (χ3v) is 3.67. The lowest BCUT2D eigenvalue weighted by Gasteiger charge is -2.00. The summed E-state index contributed by atoms with van der Waals surface area (Å²) in [5.41, 5.74) is 0. The second-order valence-electron chi connectivity index (χ2n) is 4.69. The van der Waals surface area contributed by atoms with Crippen molar-refractivity contribution in [2.45, 2.75) is 39.0 Å². The summed E-state index contributed by atoms with van der Waals surface area (Å²) in [6.07, 6.45) is 11.3.